The zero-order chi connectivity index (χ0) is 19.4. The Bertz CT molecular complexity index is 800. The minimum absolute atomic E-state index is 0.0697. The van der Waals surface area contributed by atoms with E-state index in [0.717, 1.165) is 11.1 Å². The molecule has 0 amide bonds. The average Bonchev–Trinajstić information content (AvgIpc) is 3.00. The van der Waals surface area contributed by atoms with Crippen LogP contribution in [0.15, 0.2) is 48.5 Å². The summed E-state index contributed by atoms with van der Waals surface area (Å²) in [5.74, 6) is -0.870. The monoisotopic (exact) mass is 386 g/mol. The highest BCUT2D eigenvalue weighted by Gasteiger charge is 2.38. The number of thioether (sulfide) groups is 1. The Balaban J connectivity index is 1.58. The van der Waals surface area contributed by atoms with Gasteiger partial charge < -0.3 is 14.6 Å². The molecule has 0 bridgehead atoms. The van der Waals surface area contributed by atoms with Gasteiger partial charge in [0.25, 0.3) is 0 Å². The fourth-order valence-electron chi connectivity index (χ4n) is 2.79. The minimum atomic E-state index is -0.649. The van der Waals surface area contributed by atoms with Crippen LogP contribution in [0.5, 0.6) is 0 Å². The van der Waals surface area contributed by atoms with Crippen LogP contribution < -0.4 is 0 Å². The van der Waals surface area contributed by atoms with Crippen molar-refractivity contribution in [3.63, 3.8) is 0 Å². The molecule has 1 aliphatic heterocycles. The van der Waals surface area contributed by atoms with Crippen LogP contribution >= 0.6 is 11.8 Å². The molecule has 5 nitrogen and oxygen atoms in total. The maximum atomic E-state index is 12.3. The molecule has 1 unspecified atom stereocenters. The molecule has 1 N–H and O–H groups in total. The molecular weight excluding hydrogens is 364 g/mol. The fourth-order valence-corrected chi connectivity index (χ4v) is 3.98. The summed E-state index contributed by atoms with van der Waals surface area (Å²) in [6.45, 7) is 3.95. The predicted octanol–water partition coefficient (Wildman–Crippen LogP) is 3.51. The number of hydrogen-bond donors (Lipinski definition) is 1. The van der Waals surface area contributed by atoms with E-state index in [1.807, 2.05) is 38.1 Å². The third kappa shape index (κ3) is 5.11. The highest BCUT2D eigenvalue weighted by Crippen LogP contribution is 2.35. The second-order valence-corrected chi connectivity index (χ2v) is 8.06. The Labute approximate surface area is 162 Å². The summed E-state index contributed by atoms with van der Waals surface area (Å²) >= 11 is 1.25. The summed E-state index contributed by atoms with van der Waals surface area (Å²) in [6.07, 6.45) is -0.195. The van der Waals surface area contributed by atoms with Gasteiger partial charge in [0.1, 0.15) is 18.1 Å². The lowest BCUT2D eigenvalue weighted by Crippen LogP contribution is -2.29. The molecule has 0 radical (unpaired) electrons. The largest absolute Gasteiger partial charge is 0.461 e. The summed E-state index contributed by atoms with van der Waals surface area (Å²) in [4.78, 5) is 24.5. The Morgan fingerprint density at radius 1 is 0.963 bits per heavy atom. The molecule has 6 heteroatoms. The van der Waals surface area contributed by atoms with Gasteiger partial charge in [0.2, 0.25) is 0 Å². The van der Waals surface area contributed by atoms with Crippen LogP contribution in [0.4, 0.5) is 0 Å². The molecule has 0 aromatic heterocycles. The molecule has 1 saturated heterocycles. The van der Waals surface area contributed by atoms with E-state index >= 15 is 0 Å². The van der Waals surface area contributed by atoms with Crippen LogP contribution in [0.25, 0.3) is 0 Å². The summed E-state index contributed by atoms with van der Waals surface area (Å²) in [5.41, 5.74) is 2.40. The van der Waals surface area contributed by atoms with Crippen LogP contribution in [-0.4, -0.2) is 40.4 Å². The number of aliphatic hydroxyl groups excluding tert-OH is 1. The van der Waals surface area contributed by atoms with E-state index in [1.165, 1.54) is 11.8 Å². The van der Waals surface area contributed by atoms with E-state index in [0.29, 0.717) is 17.5 Å². The standard InChI is InChI=1S/C21H22O5S/c1-13-3-7-15(8-4-13)20(23)25-12-18-17(11-19(22)27-18)26-21(24)16-9-5-14(2)6-10-16/h3-10,17-19,22H,11-12H2,1-2H3/t17-,18-,19?/m1/s1. The smallest absolute Gasteiger partial charge is 0.338 e. The van der Waals surface area contributed by atoms with Crippen molar-refractivity contribution in [2.24, 2.45) is 0 Å². The van der Waals surface area contributed by atoms with Gasteiger partial charge in [0.15, 0.2) is 0 Å². The zero-order valence-corrected chi connectivity index (χ0v) is 16.1. The predicted molar refractivity (Wildman–Crippen MR) is 104 cm³/mol. The lowest BCUT2D eigenvalue weighted by atomic mass is 10.1. The van der Waals surface area contributed by atoms with E-state index in [2.05, 4.69) is 0 Å². The molecule has 1 aliphatic rings. The van der Waals surface area contributed by atoms with Crippen molar-refractivity contribution in [3.05, 3.63) is 70.8 Å². The van der Waals surface area contributed by atoms with Crippen molar-refractivity contribution in [2.45, 2.75) is 37.1 Å². The van der Waals surface area contributed by atoms with Crippen LogP contribution in [0, 0.1) is 13.8 Å². The number of aliphatic hydroxyl groups is 1. The van der Waals surface area contributed by atoms with Crippen LogP contribution in [0.2, 0.25) is 0 Å². The Morgan fingerprint density at radius 3 is 2.04 bits per heavy atom. The van der Waals surface area contributed by atoms with Gasteiger partial charge in [-0.2, -0.15) is 0 Å². The third-order valence-corrected chi connectivity index (χ3v) is 5.69. The summed E-state index contributed by atoms with van der Waals surface area (Å²) < 4.78 is 10.9. The Kier molecular flexibility index (Phi) is 6.19. The second kappa shape index (κ2) is 8.59. The van der Waals surface area contributed by atoms with E-state index in [-0.39, 0.29) is 11.9 Å². The molecule has 0 spiro atoms. The fraction of sp³-hybridized carbons (Fsp3) is 0.333. The molecule has 1 fully saturated rings. The number of ether oxygens (including phenoxy) is 2. The molecule has 2 aromatic rings. The number of benzene rings is 2. The van der Waals surface area contributed by atoms with Crippen molar-refractivity contribution in [1.82, 2.24) is 0 Å². The molecule has 0 saturated carbocycles. The molecule has 1 heterocycles. The topological polar surface area (TPSA) is 72.8 Å². The lowest BCUT2D eigenvalue weighted by molar-refractivity contribution is 0.0178. The Morgan fingerprint density at radius 2 is 1.48 bits per heavy atom. The first kappa shape index (κ1) is 19.5. The number of esters is 2. The van der Waals surface area contributed by atoms with Gasteiger partial charge in [-0.15, -0.1) is 11.8 Å². The van der Waals surface area contributed by atoms with Crippen molar-refractivity contribution in [3.8, 4) is 0 Å². The van der Waals surface area contributed by atoms with Gasteiger partial charge >= 0.3 is 11.9 Å². The molecule has 27 heavy (non-hydrogen) atoms. The molecular formula is C21H22O5S. The number of carbonyl (C=O) groups excluding carboxylic acids is 2. The molecule has 3 atom stereocenters. The molecule has 3 rings (SSSR count). The molecule has 2 aromatic carbocycles. The Hall–Kier alpha value is -2.31. The maximum Gasteiger partial charge on any atom is 0.338 e. The van der Waals surface area contributed by atoms with Gasteiger partial charge in [-0.1, -0.05) is 35.4 Å². The van der Waals surface area contributed by atoms with Crippen LogP contribution in [0.3, 0.4) is 0 Å². The van der Waals surface area contributed by atoms with Gasteiger partial charge in [-0.3, -0.25) is 0 Å². The normalized spacial score (nSPS) is 21.7. The first-order chi connectivity index (χ1) is 12.9. The van der Waals surface area contributed by atoms with E-state index in [9.17, 15) is 14.7 Å². The van der Waals surface area contributed by atoms with E-state index in [1.54, 1.807) is 24.3 Å². The number of carbonyl (C=O) groups is 2. The molecule has 142 valence electrons. The summed E-state index contributed by atoms with van der Waals surface area (Å²) in [6, 6.07) is 14.2. The number of rotatable bonds is 5. The SMILES string of the molecule is Cc1ccc(C(=O)OC[C@H]2SC(O)C[C@H]2OC(=O)c2ccc(C)cc2)cc1. The van der Waals surface area contributed by atoms with Crippen LogP contribution in [0.1, 0.15) is 38.3 Å². The maximum absolute atomic E-state index is 12.3. The van der Waals surface area contributed by atoms with Crippen molar-refractivity contribution < 1.29 is 24.2 Å². The highest BCUT2D eigenvalue weighted by atomic mass is 32.2. The third-order valence-electron chi connectivity index (χ3n) is 4.39. The van der Waals surface area contributed by atoms with Crippen molar-refractivity contribution >= 4 is 23.7 Å². The quantitative estimate of drug-likeness (QED) is 0.793. The average molecular weight is 386 g/mol. The number of aryl methyl sites for hydroxylation is 2. The second-order valence-electron chi connectivity index (χ2n) is 6.64. The van der Waals surface area contributed by atoms with Crippen LogP contribution in [-0.2, 0) is 9.47 Å². The summed E-state index contributed by atoms with van der Waals surface area (Å²) in [5, 5.41) is 9.63. The van der Waals surface area contributed by atoms with Gasteiger partial charge in [-0.25, -0.2) is 9.59 Å². The van der Waals surface area contributed by atoms with Gasteiger partial charge in [0, 0.05) is 6.42 Å². The number of hydrogen-bond acceptors (Lipinski definition) is 6. The minimum Gasteiger partial charge on any atom is -0.461 e. The lowest BCUT2D eigenvalue weighted by Gasteiger charge is -2.19. The zero-order valence-electron chi connectivity index (χ0n) is 15.3. The first-order valence-corrected chi connectivity index (χ1v) is 9.71. The highest BCUT2D eigenvalue weighted by molar-refractivity contribution is 8.00. The van der Waals surface area contributed by atoms with E-state index in [4.69, 9.17) is 9.47 Å². The first-order valence-electron chi connectivity index (χ1n) is 8.77. The molecule has 0 aliphatic carbocycles. The van der Waals surface area contributed by atoms with Gasteiger partial charge in [-0.05, 0) is 38.1 Å². The summed E-state index contributed by atoms with van der Waals surface area (Å²) in [7, 11) is 0. The van der Waals surface area contributed by atoms with Crippen molar-refractivity contribution in [1.29, 1.82) is 0 Å². The van der Waals surface area contributed by atoms with Crippen molar-refractivity contribution in [2.75, 3.05) is 6.61 Å². The van der Waals surface area contributed by atoms with Gasteiger partial charge in [0.05, 0.1) is 16.4 Å². The van der Waals surface area contributed by atoms with E-state index < -0.39 is 23.5 Å².